The van der Waals surface area contributed by atoms with E-state index in [-0.39, 0.29) is 17.6 Å². The molecule has 0 saturated heterocycles. The van der Waals surface area contributed by atoms with Crippen molar-refractivity contribution in [2.24, 2.45) is 5.41 Å². The van der Waals surface area contributed by atoms with E-state index >= 15 is 0 Å². The van der Waals surface area contributed by atoms with E-state index in [9.17, 15) is 0 Å². The molecular weight excluding hydrogens is 362 g/mol. The summed E-state index contributed by atoms with van der Waals surface area (Å²) < 4.78 is 7.36. The summed E-state index contributed by atoms with van der Waals surface area (Å²) in [4.78, 5) is 0. The first-order valence-corrected chi connectivity index (χ1v) is 9.53. The third kappa shape index (κ3) is 3.12. The second kappa shape index (κ2) is 6.89. The molecule has 1 aliphatic rings. The molecule has 0 spiro atoms. The van der Waals surface area contributed by atoms with Gasteiger partial charge in [-0.05, 0) is 42.7 Å². The summed E-state index contributed by atoms with van der Waals surface area (Å²) in [6.45, 7) is 9.59. The molecular formula is C21H26BrNO. The van der Waals surface area contributed by atoms with E-state index < -0.39 is 0 Å². The summed E-state index contributed by atoms with van der Waals surface area (Å²) in [6.07, 6.45) is 1.12. The number of aryl methyl sites for hydroxylation is 1. The lowest BCUT2D eigenvalue weighted by molar-refractivity contribution is -0.0354. The van der Waals surface area contributed by atoms with Crippen molar-refractivity contribution in [2.75, 3.05) is 11.9 Å². The fourth-order valence-corrected chi connectivity index (χ4v) is 4.16. The molecule has 2 aromatic carbocycles. The van der Waals surface area contributed by atoms with Crippen LogP contribution in [0.5, 0.6) is 0 Å². The highest BCUT2D eigenvalue weighted by Gasteiger charge is 2.44. The van der Waals surface area contributed by atoms with Crippen LogP contribution in [0.4, 0.5) is 5.69 Å². The van der Waals surface area contributed by atoms with Crippen LogP contribution in [-0.4, -0.2) is 6.61 Å². The second-order valence-electron chi connectivity index (χ2n) is 7.06. The zero-order valence-electron chi connectivity index (χ0n) is 14.9. The summed E-state index contributed by atoms with van der Waals surface area (Å²) in [5.41, 5.74) is 5.06. The van der Waals surface area contributed by atoms with Gasteiger partial charge in [-0.25, -0.2) is 0 Å². The molecule has 0 unspecified atom stereocenters. The zero-order valence-corrected chi connectivity index (χ0v) is 16.5. The maximum absolute atomic E-state index is 6.25. The number of nitrogens with one attached hydrogen (secondary N) is 1. The van der Waals surface area contributed by atoms with Gasteiger partial charge in [0.2, 0.25) is 0 Å². The quantitative estimate of drug-likeness (QED) is 0.665. The largest absolute Gasteiger partial charge is 0.377 e. The number of hydrogen-bond donors (Lipinski definition) is 1. The van der Waals surface area contributed by atoms with Gasteiger partial charge in [-0.3, -0.25) is 0 Å². The van der Waals surface area contributed by atoms with Crippen LogP contribution in [0.1, 0.15) is 56.5 Å². The predicted molar refractivity (Wildman–Crippen MR) is 104 cm³/mol. The smallest absolute Gasteiger partial charge is 0.0918 e. The molecule has 128 valence electrons. The van der Waals surface area contributed by atoms with E-state index in [1.165, 1.54) is 22.4 Å². The highest BCUT2D eigenvalue weighted by Crippen LogP contribution is 2.53. The molecule has 0 bridgehead atoms. The first-order chi connectivity index (χ1) is 11.5. The molecule has 1 N–H and O–H groups in total. The van der Waals surface area contributed by atoms with E-state index in [4.69, 9.17) is 4.74 Å². The molecule has 2 nitrogen and oxygen atoms in total. The summed E-state index contributed by atoms with van der Waals surface area (Å²) in [5.74, 6) is 0. The molecule has 2 aromatic rings. The minimum absolute atomic E-state index is 0.0594. The van der Waals surface area contributed by atoms with E-state index in [1.807, 2.05) is 0 Å². The fraction of sp³-hybridized carbons (Fsp3) is 0.429. The van der Waals surface area contributed by atoms with Gasteiger partial charge in [0.25, 0.3) is 0 Å². The monoisotopic (exact) mass is 387 g/mol. The van der Waals surface area contributed by atoms with Crippen molar-refractivity contribution < 1.29 is 4.74 Å². The second-order valence-corrected chi connectivity index (χ2v) is 7.98. The van der Waals surface area contributed by atoms with Crippen LogP contribution in [0.3, 0.4) is 0 Å². The maximum Gasteiger partial charge on any atom is 0.0918 e. The topological polar surface area (TPSA) is 21.3 Å². The van der Waals surface area contributed by atoms with Crippen molar-refractivity contribution in [2.45, 2.75) is 46.3 Å². The van der Waals surface area contributed by atoms with Crippen molar-refractivity contribution in [3.05, 3.63) is 63.6 Å². The molecule has 2 atom stereocenters. The highest BCUT2D eigenvalue weighted by molar-refractivity contribution is 9.10. The average Bonchev–Trinajstić information content (AvgIpc) is 2.56. The molecule has 0 fully saturated rings. The molecule has 0 aliphatic carbocycles. The lowest BCUT2D eigenvalue weighted by Gasteiger charge is -2.47. The first kappa shape index (κ1) is 17.5. The molecule has 3 rings (SSSR count). The first-order valence-electron chi connectivity index (χ1n) is 8.73. The molecule has 0 aromatic heterocycles. The number of halogens is 1. The van der Waals surface area contributed by atoms with Crippen LogP contribution in [0.15, 0.2) is 46.9 Å². The lowest BCUT2D eigenvalue weighted by atomic mass is 9.70. The molecule has 24 heavy (non-hydrogen) atoms. The van der Waals surface area contributed by atoms with E-state index in [0.717, 1.165) is 17.5 Å². The summed E-state index contributed by atoms with van der Waals surface area (Å²) in [5, 5.41) is 3.77. The molecule has 1 heterocycles. The van der Waals surface area contributed by atoms with Crippen molar-refractivity contribution >= 4 is 21.6 Å². The van der Waals surface area contributed by atoms with Crippen LogP contribution in [-0.2, 0) is 11.2 Å². The maximum atomic E-state index is 6.25. The number of anilines is 1. The van der Waals surface area contributed by atoms with E-state index in [2.05, 4.69) is 91.4 Å². The third-order valence-corrected chi connectivity index (χ3v) is 5.53. The van der Waals surface area contributed by atoms with Gasteiger partial charge in [0.05, 0.1) is 12.1 Å². The van der Waals surface area contributed by atoms with Gasteiger partial charge in [0.1, 0.15) is 0 Å². The number of hydrogen-bond acceptors (Lipinski definition) is 2. The average molecular weight is 388 g/mol. The lowest BCUT2D eigenvalue weighted by Crippen LogP contribution is -2.40. The minimum Gasteiger partial charge on any atom is -0.377 e. The van der Waals surface area contributed by atoms with Gasteiger partial charge in [0.15, 0.2) is 0 Å². The normalized spacial score (nSPS) is 21.9. The standard InChI is InChI=1S/C21H26BrNO/c1-5-14-10-11-18-17(12-14)20(24-6-2)21(3,4)19(23-18)15-8-7-9-16(22)13-15/h7-13,19-20,23H,5-6H2,1-4H3/t19-,20-/m0/s1. The summed E-state index contributed by atoms with van der Waals surface area (Å²) in [6, 6.07) is 15.5. The fourth-order valence-electron chi connectivity index (χ4n) is 3.74. The van der Waals surface area contributed by atoms with Crippen LogP contribution < -0.4 is 5.32 Å². The Morgan fingerprint density at radius 1 is 1.12 bits per heavy atom. The number of benzene rings is 2. The Morgan fingerprint density at radius 2 is 1.92 bits per heavy atom. The SMILES string of the molecule is CCO[C@H]1c2cc(CC)ccc2N[C@@H](c2cccc(Br)c2)C1(C)C. The van der Waals surface area contributed by atoms with Gasteiger partial charge in [-0.2, -0.15) is 0 Å². The Hall–Kier alpha value is -1.32. The van der Waals surface area contributed by atoms with Gasteiger partial charge in [-0.15, -0.1) is 0 Å². The van der Waals surface area contributed by atoms with Crippen molar-refractivity contribution in [1.82, 2.24) is 0 Å². The molecule has 0 saturated carbocycles. The van der Waals surface area contributed by atoms with Crippen molar-refractivity contribution in [3.8, 4) is 0 Å². The molecule has 0 radical (unpaired) electrons. The Kier molecular flexibility index (Phi) is 5.03. The summed E-state index contributed by atoms with van der Waals surface area (Å²) >= 11 is 3.60. The highest BCUT2D eigenvalue weighted by atomic mass is 79.9. The Bertz CT molecular complexity index is 726. The third-order valence-electron chi connectivity index (χ3n) is 5.04. The van der Waals surface area contributed by atoms with Crippen LogP contribution in [0, 0.1) is 5.41 Å². The van der Waals surface area contributed by atoms with Crippen LogP contribution in [0.2, 0.25) is 0 Å². The van der Waals surface area contributed by atoms with Crippen molar-refractivity contribution in [1.29, 1.82) is 0 Å². The zero-order chi connectivity index (χ0) is 17.3. The number of rotatable bonds is 4. The predicted octanol–water partition coefficient (Wildman–Crippen LogP) is 6.28. The van der Waals surface area contributed by atoms with Gasteiger partial charge < -0.3 is 10.1 Å². The Labute approximate surface area is 153 Å². The van der Waals surface area contributed by atoms with Crippen LogP contribution in [0.25, 0.3) is 0 Å². The molecule has 1 aliphatic heterocycles. The van der Waals surface area contributed by atoms with Crippen LogP contribution >= 0.6 is 15.9 Å². The van der Waals surface area contributed by atoms with E-state index in [0.29, 0.717) is 0 Å². The van der Waals surface area contributed by atoms with Gasteiger partial charge in [-0.1, -0.05) is 61.0 Å². The Balaban J connectivity index is 2.10. The Morgan fingerprint density at radius 3 is 2.58 bits per heavy atom. The van der Waals surface area contributed by atoms with Crippen molar-refractivity contribution in [3.63, 3.8) is 0 Å². The minimum atomic E-state index is -0.0594. The molecule has 0 amide bonds. The summed E-state index contributed by atoms with van der Waals surface area (Å²) in [7, 11) is 0. The molecule has 3 heteroatoms. The number of ether oxygens (including phenoxy) is 1. The van der Waals surface area contributed by atoms with Gasteiger partial charge >= 0.3 is 0 Å². The van der Waals surface area contributed by atoms with E-state index in [1.54, 1.807) is 0 Å². The number of fused-ring (bicyclic) bond motifs is 1. The van der Waals surface area contributed by atoms with Gasteiger partial charge in [0, 0.05) is 27.7 Å².